The predicted molar refractivity (Wildman–Crippen MR) is 89.0 cm³/mol. The Morgan fingerprint density at radius 1 is 0.909 bits per heavy atom. The molecule has 0 radical (unpaired) electrons. The number of nitrogen functional groups attached to an aromatic ring is 1. The summed E-state index contributed by atoms with van der Waals surface area (Å²) in [5.74, 6) is 1.58. The third-order valence-electron chi connectivity index (χ3n) is 3.67. The minimum Gasteiger partial charge on any atom is -0.457 e. The summed E-state index contributed by atoms with van der Waals surface area (Å²) in [6, 6.07) is 15.6. The van der Waals surface area contributed by atoms with Gasteiger partial charge in [0.1, 0.15) is 11.5 Å². The Hall–Kier alpha value is -3.14. The van der Waals surface area contributed by atoms with Crippen molar-refractivity contribution in [3.05, 3.63) is 67.1 Å². The van der Waals surface area contributed by atoms with Crippen LogP contribution in [0.3, 0.4) is 0 Å². The fourth-order valence-corrected chi connectivity index (χ4v) is 2.54. The Kier molecular flexibility index (Phi) is 2.86. The standard InChI is InChI=1S/C18H15N3O/c19-14-1-3-15(4-2-14)22-18-9-12-6-8-21-17(12)10-16(18)13-5-7-20-11-13/h1-11,20-21H,19H2. The minimum absolute atomic E-state index is 0.722. The van der Waals surface area contributed by atoms with Gasteiger partial charge in [-0.2, -0.15) is 0 Å². The number of rotatable bonds is 3. The molecule has 0 saturated heterocycles. The second-order valence-corrected chi connectivity index (χ2v) is 5.18. The van der Waals surface area contributed by atoms with Crippen LogP contribution < -0.4 is 10.5 Å². The first-order valence-electron chi connectivity index (χ1n) is 7.07. The molecule has 4 rings (SSSR count). The van der Waals surface area contributed by atoms with E-state index in [1.165, 1.54) is 0 Å². The Balaban J connectivity index is 1.83. The van der Waals surface area contributed by atoms with Crippen molar-refractivity contribution >= 4 is 16.6 Å². The number of H-pyrrole nitrogens is 2. The van der Waals surface area contributed by atoms with Crippen LogP contribution in [0.4, 0.5) is 5.69 Å². The van der Waals surface area contributed by atoms with Crippen LogP contribution in [0.5, 0.6) is 11.5 Å². The summed E-state index contributed by atoms with van der Waals surface area (Å²) in [6.07, 6.45) is 5.79. The molecule has 4 N–H and O–H groups in total. The molecule has 0 aliphatic carbocycles. The predicted octanol–water partition coefficient (Wildman–Crippen LogP) is 4.54. The summed E-state index contributed by atoms with van der Waals surface area (Å²) in [4.78, 5) is 6.32. The lowest BCUT2D eigenvalue weighted by Gasteiger charge is -2.11. The van der Waals surface area contributed by atoms with Gasteiger partial charge in [0.15, 0.2) is 0 Å². The van der Waals surface area contributed by atoms with Gasteiger partial charge in [0.05, 0.1) is 0 Å². The maximum absolute atomic E-state index is 6.08. The van der Waals surface area contributed by atoms with Crippen molar-refractivity contribution in [1.82, 2.24) is 9.97 Å². The number of aromatic amines is 2. The van der Waals surface area contributed by atoms with Crippen molar-refractivity contribution in [2.45, 2.75) is 0 Å². The van der Waals surface area contributed by atoms with E-state index in [0.29, 0.717) is 0 Å². The summed E-state index contributed by atoms with van der Waals surface area (Å²) < 4.78 is 6.08. The first-order chi connectivity index (χ1) is 10.8. The molecule has 0 saturated carbocycles. The van der Waals surface area contributed by atoms with Crippen molar-refractivity contribution in [2.75, 3.05) is 5.73 Å². The number of hydrogen-bond acceptors (Lipinski definition) is 2. The van der Waals surface area contributed by atoms with Gasteiger partial charge in [0.2, 0.25) is 0 Å². The molecule has 0 fully saturated rings. The van der Waals surface area contributed by atoms with Crippen LogP contribution in [0, 0.1) is 0 Å². The van der Waals surface area contributed by atoms with Gasteiger partial charge in [-0.3, -0.25) is 0 Å². The molecular weight excluding hydrogens is 274 g/mol. The zero-order valence-corrected chi connectivity index (χ0v) is 11.8. The molecule has 2 aromatic heterocycles. The molecule has 22 heavy (non-hydrogen) atoms. The number of ether oxygens (including phenoxy) is 1. The van der Waals surface area contributed by atoms with Crippen molar-refractivity contribution < 1.29 is 4.74 Å². The number of aromatic nitrogens is 2. The third-order valence-corrected chi connectivity index (χ3v) is 3.67. The monoisotopic (exact) mass is 289 g/mol. The van der Waals surface area contributed by atoms with E-state index < -0.39 is 0 Å². The van der Waals surface area contributed by atoms with Crippen molar-refractivity contribution in [2.24, 2.45) is 0 Å². The number of nitrogens with one attached hydrogen (secondary N) is 2. The Morgan fingerprint density at radius 2 is 1.77 bits per heavy atom. The van der Waals surface area contributed by atoms with Crippen LogP contribution in [0.15, 0.2) is 67.1 Å². The van der Waals surface area contributed by atoms with E-state index >= 15 is 0 Å². The van der Waals surface area contributed by atoms with Gasteiger partial charge in [0.25, 0.3) is 0 Å². The summed E-state index contributed by atoms with van der Waals surface area (Å²) >= 11 is 0. The van der Waals surface area contributed by atoms with Crippen molar-refractivity contribution in [1.29, 1.82) is 0 Å². The smallest absolute Gasteiger partial charge is 0.136 e. The van der Waals surface area contributed by atoms with E-state index in [-0.39, 0.29) is 0 Å². The maximum atomic E-state index is 6.08. The molecule has 4 nitrogen and oxygen atoms in total. The Morgan fingerprint density at radius 3 is 2.55 bits per heavy atom. The Bertz CT molecular complexity index is 905. The lowest BCUT2D eigenvalue weighted by molar-refractivity contribution is 0.485. The lowest BCUT2D eigenvalue weighted by atomic mass is 10.1. The van der Waals surface area contributed by atoms with Gasteiger partial charge in [-0.15, -0.1) is 0 Å². The van der Waals surface area contributed by atoms with Crippen molar-refractivity contribution in [3.8, 4) is 22.6 Å². The fraction of sp³-hybridized carbons (Fsp3) is 0. The van der Waals surface area contributed by atoms with E-state index in [9.17, 15) is 0 Å². The number of nitrogens with two attached hydrogens (primary N) is 1. The second-order valence-electron chi connectivity index (χ2n) is 5.18. The van der Waals surface area contributed by atoms with Crippen molar-refractivity contribution in [3.63, 3.8) is 0 Å². The summed E-state index contributed by atoms with van der Waals surface area (Å²) in [5, 5.41) is 1.12. The lowest BCUT2D eigenvalue weighted by Crippen LogP contribution is -1.89. The first kappa shape index (κ1) is 12.6. The largest absolute Gasteiger partial charge is 0.457 e. The molecule has 0 aliphatic heterocycles. The normalized spacial score (nSPS) is 10.9. The minimum atomic E-state index is 0.722. The molecule has 4 heteroatoms. The number of fused-ring (bicyclic) bond motifs is 1. The number of benzene rings is 2. The summed E-state index contributed by atoms with van der Waals surface area (Å²) in [5.41, 5.74) is 9.65. The van der Waals surface area contributed by atoms with Crippen LogP contribution >= 0.6 is 0 Å². The number of anilines is 1. The maximum Gasteiger partial charge on any atom is 0.136 e. The highest BCUT2D eigenvalue weighted by Crippen LogP contribution is 2.36. The third kappa shape index (κ3) is 2.20. The average Bonchev–Trinajstić information content (AvgIpc) is 3.19. The molecule has 0 unspecified atom stereocenters. The highest BCUT2D eigenvalue weighted by atomic mass is 16.5. The van der Waals surface area contributed by atoms with Crippen LogP contribution in [-0.4, -0.2) is 9.97 Å². The van der Waals surface area contributed by atoms with E-state index in [2.05, 4.69) is 16.0 Å². The highest BCUT2D eigenvalue weighted by molar-refractivity contribution is 5.88. The highest BCUT2D eigenvalue weighted by Gasteiger charge is 2.11. The number of hydrogen-bond donors (Lipinski definition) is 3. The quantitative estimate of drug-likeness (QED) is 0.485. The molecule has 0 atom stereocenters. The topological polar surface area (TPSA) is 66.8 Å². The van der Waals surface area contributed by atoms with Gasteiger partial charge in [-0.05, 0) is 48.5 Å². The molecule has 0 spiro atoms. The summed E-state index contributed by atoms with van der Waals surface area (Å²) in [7, 11) is 0. The SMILES string of the molecule is Nc1ccc(Oc2cc3cc[nH]c3cc2-c2cc[nH]c2)cc1. The molecule has 108 valence electrons. The molecule has 2 heterocycles. The zero-order valence-electron chi connectivity index (χ0n) is 11.8. The fourth-order valence-electron chi connectivity index (χ4n) is 2.54. The average molecular weight is 289 g/mol. The van der Waals surface area contributed by atoms with Gasteiger partial charge < -0.3 is 20.4 Å². The summed E-state index contributed by atoms with van der Waals surface area (Å²) in [6.45, 7) is 0. The van der Waals surface area contributed by atoms with E-state index in [1.807, 2.05) is 61.1 Å². The van der Waals surface area contributed by atoms with Gasteiger partial charge in [0, 0.05) is 46.3 Å². The Labute approximate surface area is 127 Å². The van der Waals surface area contributed by atoms with Gasteiger partial charge in [-0.25, -0.2) is 0 Å². The second kappa shape index (κ2) is 5.00. The first-order valence-corrected chi connectivity index (χ1v) is 7.07. The van der Waals surface area contributed by atoms with E-state index in [1.54, 1.807) is 0 Å². The van der Waals surface area contributed by atoms with Crippen LogP contribution in [0.25, 0.3) is 22.0 Å². The van der Waals surface area contributed by atoms with E-state index in [0.717, 1.165) is 39.2 Å². The molecular formula is C18H15N3O. The molecule has 0 amide bonds. The van der Waals surface area contributed by atoms with Crippen LogP contribution in [-0.2, 0) is 0 Å². The molecule has 2 aromatic carbocycles. The van der Waals surface area contributed by atoms with Gasteiger partial charge >= 0.3 is 0 Å². The molecule has 0 aliphatic rings. The van der Waals surface area contributed by atoms with E-state index in [4.69, 9.17) is 10.5 Å². The zero-order chi connectivity index (χ0) is 14.9. The van der Waals surface area contributed by atoms with Gasteiger partial charge in [-0.1, -0.05) is 0 Å². The molecule has 4 aromatic rings. The molecule has 0 bridgehead atoms. The van der Waals surface area contributed by atoms with Crippen LogP contribution in [0.2, 0.25) is 0 Å². The van der Waals surface area contributed by atoms with Crippen LogP contribution in [0.1, 0.15) is 0 Å².